The Morgan fingerprint density at radius 1 is 1.15 bits per heavy atom. The molecule has 2 aliphatic heterocycles. The lowest BCUT2D eigenvalue weighted by Crippen LogP contribution is -2.48. The molecule has 2 saturated heterocycles. The van der Waals surface area contributed by atoms with E-state index in [0.717, 1.165) is 31.5 Å². The van der Waals surface area contributed by atoms with Gasteiger partial charge in [-0.15, -0.1) is 0 Å². The van der Waals surface area contributed by atoms with Crippen LogP contribution in [0.25, 0.3) is 0 Å². The number of hydrogen-bond acceptors (Lipinski definition) is 3. The number of likely N-dealkylation sites (tertiary alicyclic amines) is 1. The Kier molecular flexibility index (Phi) is 6.47. The van der Waals surface area contributed by atoms with Crippen molar-refractivity contribution in [2.75, 3.05) is 32.7 Å². The summed E-state index contributed by atoms with van der Waals surface area (Å²) in [5.41, 5.74) is 0.909. The fraction of sp³-hybridized carbons (Fsp3) is 0.619. The van der Waals surface area contributed by atoms with Crippen LogP contribution in [-0.2, 0) is 16.1 Å². The number of hydrogen-bond donors (Lipinski definition) is 0. The van der Waals surface area contributed by atoms with Crippen molar-refractivity contribution in [2.45, 2.75) is 45.7 Å². The lowest BCUT2D eigenvalue weighted by Gasteiger charge is -2.35. The summed E-state index contributed by atoms with van der Waals surface area (Å²) in [5.74, 6) is 0.142. The van der Waals surface area contributed by atoms with Gasteiger partial charge in [0.2, 0.25) is 11.8 Å². The minimum absolute atomic E-state index is 0.0346. The molecule has 0 bridgehead atoms. The predicted octanol–water partition coefficient (Wildman–Crippen LogP) is 2.51. The van der Waals surface area contributed by atoms with Crippen LogP contribution in [-0.4, -0.2) is 65.3 Å². The van der Waals surface area contributed by atoms with E-state index in [1.165, 1.54) is 12.1 Å². The highest BCUT2D eigenvalue weighted by atomic mass is 19.1. The van der Waals surface area contributed by atoms with Crippen LogP contribution in [0.15, 0.2) is 24.3 Å². The molecule has 2 heterocycles. The van der Waals surface area contributed by atoms with Crippen molar-refractivity contribution in [2.24, 2.45) is 5.92 Å². The van der Waals surface area contributed by atoms with E-state index in [1.54, 1.807) is 12.1 Å². The average Bonchev–Trinajstić information content (AvgIpc) is 3.08. The zero-order chi connectivity index (χ0) is 19.4. The molecule has 0 aliphatic carbocycles. The molecule has 27 heavy (non-hydrogen) atoms. The molecular formula is C21H30FN3O2. The standard InChI is InChI=1S/C21H30FN3O2/c1-16(2)19-14-24(21(27)15-23-10-3-4-11-23)12-9-20(26)25(19)13-17-5-7-18(22)8-6-17/h5-8,16,19H,3-4,9-15H2,1-2H3. The van der Waals surface area contributed by atoms with Crippen LogP contribution in [0.3, 0.4) is 0 Å². The smallest absolute Gasteiger partial charge is 0.236 e. The molecule has 148 valence electrons. The first-order valence-corrected chi connectivity index (χ1v) is 9.98. The van der Waals surface area contributed by atoms with E-state index >= 15 is 0 Å². The van der Waals surface area contributed by atoms with Crippen molar-refractivity contribution >= 4 is 11.8 Å². The number of rotatable bonds is 5. The van der Waals surface area contributed by atoms with Crippen molar-refractivity contribution in [1.82, 2.24) is 14.7 Å². The molecule has 2 fully saturated rings. The monoisotopic (exact) mass is 375 g/mol. The molecule has 0 aromatic heterocycles. The lowest BCUT2D eigenvalue weighted by molar-refractivity contribution is -0.134. The molecule has 0 spiro atoms. The van der Waals surface area contributed by atoms with E-state index in [0.29, 0.717) is 32.6 Å². The normalized spacial score (nSPS) is 21.8. The Morgan fingerprint density at radius 2 is 1.81 bits per heavy atom. The van der Waals surface area contributed by atoms with Crippen molar-refractivity contribution < 1.29 is 14.0 Å². The summed E-state index contributed by atoms with van der Waals surface area (Å²) in [6, 6.07) is 6.26. The molecule has 3 rings (SSSR count). The van der Waals surface area contributed by atoms with Gasteiger partial charge in [-0.1, -0.05) is 26.0 Å². The van der Waals surface area contributed by atoms with Crippen molar-refractivity contribution in [3.8, 4) is 0 Å². The van der Waals surface area contributed by atoms with E-state index in [2.05, 4.69) is 18.7 Å². The highest BCUT2D eigenvalue weighted by Gasteiger charge is 2.33. The summed E-state index contributed by atoms with van der Waals surface area (Å²) in [6.07, 6.45) is 2.66. The Bertz CT molecular complexity index is 656. The number of carbonyl (C=O) groups is 2. The molecule has 2 aliphatic rings. The van der Waals surface area contributed by atoms with E-state index in [-0.39, 0.29) is 29.6 Å². The van der Waals surface area contributed by atoms with Crippen LogP contribution in [0.5, 0.6) is 0 Å². The number of carbonyl (C=O) groups excluding carboxylic acids is 2. The summed E-state index contributed by atoms with van der Waals surface area (Å²) < 4.78 is 13.2. The molecule has 0 N–H and O–H groups in total. The molecule has 5 nitrogen and oxygen atoms in total. The third kappa shape index (κ3) is 5.06. The van der Waals surface area contributed by atoms with Gasteiger partial charge in [0.15, 0.2) is 0 Å². The molecule has 0 saturated carbocycles. The van der Waals surface area contributed by atoms with Gasteiger partial charge in [0, 0.05) is 26.1 Å². The molecule has 1 aromatic rings. The Hall–Kier alpha value is -1.95. The van der Waals surface area contributed by atoms with Gasteiger partial charge in [-0.3, -0.25) is 14.5 Å². The Labute approximate surface area is 161 Å². The largest absolute Gasteiger partial charge is 0.339 e. The van der Waals surface area contributed by atoms with Gasteiger partial charge in [0.25, 0.3) is 0 Å². The minimum atomic E-state index is -0.278. The predicted molar refractivity (Wildman–Crippen MR) is 102 cm³/mol. The molecule has 1 aromatic carbocycles. The SMILES string of the molecule is CC(C)C1CN(C(=O)CN2CCCC2)CCC(=O)N1Cc1ccc(F)cc1. The van der Waals surface area contributed by atoms with Gasteiger partial charge >= 0.3 is 0 Å². The summed E-state index contributed by atoms with van der Waals surface area (Å²) in [7, 11) is 0. The molecule has 0 radical (unpaired) electrons. The highest BCUT2D eigenvalue weighted by Crippen LogP contribution is 2.21. The third-order valence-corrected chi connectivity index (χ3v) is 5.67. The van der Waals surface area contributed by atoms with E-state index in [4.69, 9.17) is 0 Å². The van der Waals surface area contributed by atoms with E-state index < -0.39 is 0 Å². The number of nitrogens with zero attached hydrogens (tertiary/aromatic N) is 3. The first kappa shape index (κ1) is 19.8. The molecule has 2 amide bonds. The zero-order valence-corrected chi connectivity index (χ0v) is 16.4. The highest BCUT2D eigenvalue weighted by molar-refractivity contribution is 5.81. The average molecular weight is 375 g/mol. The fourth-order valence-corrected chi connectivity index (χ4v) is 4.00. The molecule has 1 unspecified atom stereocenters. The van der Waals surface area contributed by atoms with Gasteiger partial charge in [0.1, 0.15) is 5.82 Å². The second kappa shape index (κ2) is 8.83. The Morgan fingerprint density at radius 3 is 2.44 bits per heavy atom. The molecule has 6 heteroatoms. The number of halogens is 1. The van der Waals surface area contributed by atoms with Gasteiger partial charge in [-0.05, 0) is 49.5 Å². The van der Waals surface area contributed by atoms with Gasteiger partial charge in [0.05, 0.1) is 12.6 Å². The van der Waals surface area contributed by atoms with Gasteiger partial charge in [-0.2, -0.15) is 0 Å². The van der Waals surface area contributed by atoms with Crippen LogP contribution < -0.4 is 0 Å². The molecule has 1 atom stereocenters. The zero-order valence-electron chi connectivity index (χ0n) is 16.4. The second-order valence-electron chi connectivity index (χ2n) is 8.03. The molecular weight excluding hydrogens is 345 g/mol. The van der Waals surface area contributed by atoms with Crippen LogP contribution in [0.4, 0.5) is 4.39 Å². The van der Waals surface area contributed by atoms with Crippen molar-refractivity contribution in [1.29, 1.82) is 0 Å². The van der Waals surface area contributed by atoms with E-state index in [9.17, 15) is 14.0 Å². The number of amides is 2. The Balaban J connectivity index is 1.71. The third-order valence-electron chi connectivity index (χ3n) is 5.67. The van der Waals surface area contributed by atoms with E-state index in [1.807, 2.05) is 9.80 Å². The van der Waals surface area contributed by atoms with Crippen LogP contribution in [0.1, 0.15) is 38.7 Å². The topological polar surface area (TPSA) is 43.9 Å². The quantitative estimate of drug-likeness (QED) is 0.794. The van der Waals surface area contributed by atoms with Gasteiger partial charge in [-0.25, -0.2) is 4.39 Å². The van der Waals surface area contributed by atoms with Crippen LogP contribution in [0, 0.1) is 11.7 Å². The lowest BCUT2D eigenvalue weighted by atomic mass is 10.0. The maximum Gasteiger partial charge on any atom is 0.236 e. The summed E-state index contributed by atoms with van der Waals surface area (Å²) >= 11 is 0. The minimum Gasteiger partial charge on any atom is -0.339 e. The summed E-state index contributed by atoms with van der Waals surface area (Å²) in [5, 5.41) is 0. The first-order valence-electron chi connectivity index (χ1n) is 9.98. The van der Waals surface area contributed by atoms with Crippen molar-refractivity contribution in [3.05, 3.63) is 35.6 Å². The summed E-state index contributed by atoms with van der Waals surface area (Å²) in [6.45, 7) is 8.11. The number of benzene rings is 1. The first-order chi connectivity index (χ1) is 12.9. The van der Waals surface area contributed by atoms with Crippen LogP contribution in [0.2, 0.25) is 0 Å². The maximum atomic E-state index is 13.2. The van der Waals surface area contributed by atoms with Crippen LogP contribution >= 0.6 is 0 Å². The van der Waals surface area contributed by atoms with Gasteiger partial charge < -0.3 is 9.80 Å². The van der Waals surface area contributed by atoms with Crippen molar-refractivity contribution in [3.63, 3.8) is 0 Å². The summed E-state index contributed by atoms with van der Waals surface area (Å²) in [4.78, 5) is 31.6. The maximum absolute atomic E-state index is 13.2. The fourth-order valence-electron chi connectivity index (χ4n) is 4.00. The second-order valence-corrected chi connectivity index (χ2v) is 8.03.